The second-order valence-corrected chi connectivity index (χ2v) is 1.33. The summed E-state index contributed by atoms with van der Waals surface area (Å²) in [5.41, 5.74) is 11.2. The Morgan fingerprint density at radius 2 is 2.38 bits per heavy atom. The Bertz CT molecular complexity index is 101. The van der Waals surface area contributed by atoms with Crippen molar-refractivity contribution >= 4 is 6.21 Å². The van der Waals surface area contributed by atoms with E-state index in [1.54, 1.807) is 13.3 Å². The molecule has 0 amide bonds. The lowest BCUT2D eigenvalue weighted by Crippen LogP contribution is -2.05. The number of hydrogen-bond acceptors (Lipinski definition) is 3. The van der Waals surface area contributed by atoms with Gasteiger partial charge in [-0.2, -0.15) is 0 Å². The summed E-state index contributed by atoms with van der Waals surface area (Å²) in [5, 5.41) is 0. The van der Waals surface area contributed by atoms with Gasteiger partial charge in [-0.25, -0.2) is 0 Å². The van der Waals surface area contributed by atoms with Crippen molar-refractivity contribution < 1.29 is 0 Å². The molecule has 0 radical (unpaired) electrons. The van der Waals surface area contributed by atoms with Crippen molar-refractivity contribution in [1.29, 1.82) is 0 Å². The minimum atomic E-state index is 0.452. The summed E-state index contributed by atoms with van der Waals surface area (Å²) in [6, 6.07) is 0. The fourth-order valence-electron chi connectivity index (χ4n) is 0.330. The molecule has 0 fully saturated rings. The highest BCUT2D eigenvalue weighted by Gasteiger charge is 1.81. The number of aliphatic imine (C=N–C) groups is 1. The van der Waals surface area contributed by atoms with Gasteiger partial charge >= 0.3 is 0 Å². The second-order valence-electron chi connectivity index (χ2n) is 1.33. The molecule has 3 heteroatoms. The van der Waals surface area contributed by atoms with E-state index in [2.05, 4.69) is 4.99 Å². The minimum Gasteiger partial charge on any atom is -0.404 e. The van der Waals surface area contributed by atoms with Crippen LogP contribution in [0.5, 0.6) is 0 Å². The van der Waals surface area contributed by atoms with Crippen molar-refractivity contribution in [3.8, 4) is 0 Å². The first kappa shape index (κ1) is 7.17. The molecule has 0 aromatic carbocycles. The first-order chi connectivity index (χ1) is 3.85. The summed E-state index contributed by atoms with van der Waals surface area (Å²) in [5.74, 6) is 0. The molecule has 0 unspecified atom stereocenters. The average Bonchev–Trinajstić information content (AvgIpc) is 1.83. The normalized spacial score (nSPS) is 13.0. The van der Waals surface area contributed by atoms with E-state index in [1.165, 1.54) is 6.20 Å². The monoisotopic (exact) mass is 113 g/mol. The molecular weight excluding hydrogens is 102 g/mol. The molecule has 0 aromatic rings. The van der Waals surface area contributed by atoms with Gasteiger partial charge in [0.15, 0.2) is 0 Å². The molecule has 0 aromatic heterocycles. The molecule has 0 bridgehead atoms. The van der Waals surface area contributed by atoms with Crippen LogP contribution >= 0.6 is 0 Å². The minimum absolute atomic E-state index is 0.452. The van der Waals surface area contributed by atoms with Crippen molar-refractivity contribution in [2.75, 3.05) is 13.6 Å². The lowest BCUT2D eigenvalue weighted by Gasteiger charge is -1.89. The molecule has 0 heterocycles. The Kier molecular flexibility index (Phi) is 3.88. The predicted octanol–water partition coefficient (Wildman–Crippen LogP) is -0.512. The van der Waals surface area contributed by atoms with Crippen LogP contribution in [0.1, 0.15) is 0 Å². The molecule has 0 saturated heterocycles. The Balaban J connectivity index is 3.72. The van der Waals surface area contributed by atoms with Crippen LogP contribution in [0.2, 0.25) is 0 Å². The quantitative estimate of drug-likeness (QED) is 0.474. The number of nitrogens with two attached hydrogens (primary N) is 2. The molecule has 0 atom stereocenters. The molecule has 4 N–H and O–H groups in total. The first-order valence-electron chi connectivity index (χ1n) is 2.38. The highest BCUT2D eigenvalue weighted by atomic mass is 14.7. The van der Waals surface area contributed by atoms with E-state index >= 15 is 0 Å². The van der Waals surface area contributed by atoms with Gasteiger partial charge in [0.2, 0.25) is 0 Å². The van der Waals surface area contributed by atoms with Crippen molar-refractivity contribution in [1.82, 2.24) is 0 Å². The van der Waals surface area contributed by atoms with Crippen LogP contribution in [-0.2, 0) is 0 Å². The summed E-state index contributed by atoms with van der Waals surface area (Å²) in [7, 11) is 1.68. The van der Waals surface area contributed by atoms with Crippen molar-refractivity contribution in [3.63, 3.8) is 0 Å². The molecule has 46 valence electrons. The van der Waals surface area contributed by atoms with Crippen LogP contribution in [-0.4, -0.2) is 19.8 Å². The zero-order valence-electron chi connectivity index (χ0n) is 4.96. The lowest BCUT2D eigenvalue weighted by atomic mass is 10.3. The fraction of sp³-hybridized carbons (Fsp3) is 0.400. The van der Waals surface area contributed by atoms with Crippen LogP contribution in [0.15, 0.2) is 16.8 Å². The van der Waals surface area contributed by atoms with E-state index in [1.807, 2.05) is 0 Å². The molecule has 0 saturated carbocycles. The average molecular weight is 113 g/mol. The third kappa shape index (κ3) is 2.36. The smallest absolute Gasteiger partial charge is 0.0277 e. The molecule has 0 aliphatic carbocycles. The van der Waals surface area contributed by atoms with Crippen molar-refractivity contribution in [3.05, 3.63) is 11.8 Å². The van der Waals surface area contributed by atoms with Crippen LogP contribution < -0.4 is 11.5 Å². The third-order valence-corrected chi connectivity index (χ3v) is 0.745. The topological polar surface area (TPSA) is 64.4 Å². The molecule has 3 nitrogen and oxygen atoms in total. The maximum Gasteiger partial charge on any atom is 0.0277 e. The zero-order valence-corrected chi connectivity index (χ0v) is 4.96. The van der Waals surface area contributed by atoms with Gasteiger partial charge in [0, 0.05) is 19.8 Å². The zero-order chi connectivity index (χ0) is 6.41. The van der Waals surface area contributed by atoms with Crippen molar-refractivity contribution in [2.24, 2.45) is 16.5 Å². The van der Waals surface area contributed by atoms with E-state index in [4.69, 9.17) is 11.5 Å². The molecule has 0 aliphatic rings. The predicted molar refractivity (Wildman–Crippen MR) is 35.7 cm³/mol. The summed E-state index contributed by atoms with van der Waals surface area (Å²) in [6.45, 7) is 0.452. The van der Waals surface area contributed by atoms with E-state index in [-0.39, 0.29) is 0 Å². The molecule has 0 aliphatic heterocycles. The third-order valence-electron chi connectivity index (χ3n) is 0.745. The fourth-order valence-corrected chi connectivity index (χ4v) is 0.330. The maximum absolute atomic E-state index is 5.23. The SMILES string of the molecule is CN=C/C(=C\N)CN. The number of rotatable bonds is 2. The van der Waals surface area contributed by atoms with E-state index in [0.29, 0.717) is 6.54 Å². The Morgan fingerprint density at radius 3 is 2.50 bits per heavy atom. The highest BCUT2D eigenvalue weighted by molar-refractivity contribution is 5.78. The van der Waals surface area contributed by atoms with Gasteiger partial charge in [-0.05, 0) is 11.8 Å². The van der Waals surface area contributed by atoms with E-state index < -0.39 is 0 Å². The van der Waals surface area contributed by atoms with Crippen LogP contribution in [0.3, 0.4) is 0 Å². The van der Waals surface area contributed by atoms with Crippen molar-refractivity contribution in [2.45, 2.75) is 0 Å². The molecule has 0 rings (SSSR count). The summed E-state index contributed by atoms with van der Waals surface area (Å²) < 4.78 is 0. The Labute approximate surface area is 49.1 Å². The lowest BCUT2D eigenvalue weighted by molar-refractivity contribution is 1.20. The maximum atomic E-state index is 5.23. The number of hydrogen-bond donors (Lipinski definition) is 2. The Hall–Kier alpha value is -0.830. The summed E-state index contributed by atoms with van der Waals surface area (Å²) in [6.07, 6.45) is 3.09. The standard InChI is InChI=1S/C5H11N3/c1-8-4-5(2-6)3-7/h2,4H,3,6-7H2,1H3/b5-2-,8-4?. The van der Waals surface area contributed by atoms with Gasteiger partial charge < -0.3 is 11.5 Å². The van der Waals surface area contributed by atoms with Gasteiger partial charge in [0.1, 0.15) is 0 Å². The molecular formula is C5H11N3. The van der Waals surface area contributed by atoms with Gasteiger partial charge in [-0.15, -0.1) is 0 Å². The van der Waals surface area contributed by atoms with Crippen LogP contribution in [0.4, 0.5) is 0 Å². The highest BCUT2D eigenvalue weighted by Crippen LogP contribution is 1.79. The van der Waals surface area contributed by atoms with Gasteiger partial charge in [0.05, 0.1) is 0 Å². The second kappa shape index (κ2) is 4.33. The molecule has 0 spiro atoms. The van der Waals surface area contributed by atoms with Crippen LogP contribution in [0.25, 0.3) is 0 Å². The summed E-state index contributed by atoms with van der Waals surface area (Å²) in [4.78, 5) is 3.72. The molecule has 8 heavy (non-hydrogen) atoms. The van der Waals surface area contributed by atoms with Gasteiger partial charge in [-0.3, -0.25) is 4.99 Å². The number of nitrogens with zero attached hydrogens (tertiary/aromatic N) is 1. The summed E-state index contributed by atoms with van der Waals surface area (Å²) >= 11 is 0. The first-order valence-corrected chi connectivity index (χ1v) is 2.38. The van der Waals surface area contributed by atoms with Gasteiger partial charge in [0.25, 0.3) is 0 Å². The van der Waals surface area contributed by atoms with E-state index in [9.17, 15) is 0 Å². The van der Waals surface area contributed by atoms with Crippen LogP contribution in [0, 0.1) is 0 Å². The largest absolute Gasteiger partial charge is 0.404 e. The van der Waals surface area contributed by atoms with E-state index in [0.717, 1.165) is 5.57 Å². The van der Waals surface area contributed by atoms with Gasteiger partial charge in [-0.1, -0.05) is 0 Å². The Morgan fingerprint density at radius 1 is 1.75 bits per heavy atom.